The van der Waals surface area contributed by atoms with E-state index in [1.165, 1.54) is 12.7 Å². The zero-order valence-electron chi connectivity index (χ0n) is 14.2. The molecule has 0 saturated carbocycles. The van der Waals surface area contributed by atoms with Gasteiger partial charge in [0.15, 0.2) is 5.82 Å². The second-order valence-electron chi connectivity index (χ2n) is 5.62. The quantitative estimate of drug-likeness (QED) is 0.688. The lowest BCUT2D eigenvalue weighted by molar-refractivity contribution is 0.0946. The Morgan fingerprint density at radius 2 is 2.00 bits per heavy atom. The number of ether oxygens (including phenoxy) is 1. The monoisotopic (exact) mass is 371 g/mol. The van der Waals surface area contributed by atoms with Gasteiger partial charge in [-0.15, -0.1) is 0 Å². The predicted octanol–water partition coefficient (Wildman–Crippen LogP) is 3.45. The Kier molecular flexibility index (Phi) is 5.86. The second kappa shape index (κ2) is 8.49. The van der Waals surface area contributed by atoms with Crippen LogP contribution in [0.1, 0.15) is 27.6 Å². The molecule has 1 N–H and O–H groups in total. The number of methoxy groups -OCH3 is 1. The normalized spacial score (nSPS) is 10.5. The minimum Gasteiger partial charge on any atom is -0.496 e. The Labute approximate surface area is 156 Å². The molecule has 0 unspecified atom stereocenters. The van der Waals surface area contributed by atoms with Crippen LogP contribution >= 0.6 is 11.6 Å². The molecule has 3 rings (SSSR count). The third kappa shape index (κ3) is 4.61. The van der Waals surface area contributed by atoms with Crippen molar-refractivity contribution in [2.24, 2.45) is 0 Å². The van der Waals surface area contributed by atoms with Crippen LogP contribution in [0.25, 0.3) is 0 Å². The van der Waals surface area contributed by atoms with Crippen molar-refractivity contribution in [1.29, 1.82) is 0 Å². The molecule has 1 heterocycles. The van der Waals surface area contributed by atoms with Gasteiger partial charge >= 0.3 is 0 Å². The topological polar surface area (TPSA) is 77.2 Å². The summed E-state index contributed by atoms with van der Waals surface area (Å²) in [7, 11) is 1.49. The fraction of sp³-hybridized carbons (Fsp3) is 0.211. The van der Waals surface area contributed by atoms with Crippen molar-refractivity contribution >= 4 is 17.5 Å². The lowest BCUT2D eigenvalue weighted by atomic mass is 10.1. The number of amides is 1. The molecule has 134 valence electrons. The highest BCUT2D eigenvalue weighted by atomic mass is 35.5. The first-order valence-electron chi connectivity index (χ1n) is 8.13. The number of rotatable bonds is 7. The van der Waals surface area contributed by atoms with Gasteiger partial charge in [-0.2, -0.15) is 4.98 Å². The molecule has 26 heavy (non-hydrogen) atoms. The molecule has 7 heteroatoms. The maximum absolute atomic E-state index is 12.3. The van der Waals surface area contributed by atoms with Crippen LogP contribution in [-0.4, -0.2) is 23.2 Å². The Bertz CT molecular complexity index is 881. The van der Waals surface area contributed by atoms with Crippen LogP contribution in [0.3, 0.4) is 0 Å². The van der Waals surface area contributed by atoms with E-state index in [9.17, 15) is 4.79 Å². The van der Waals surface area contributed by atoms with Gasteiger partial charge in [0.2, 0.25) is 5.89 Å². The van der Waals surface area contributed by atoms with E-state index >= 15 is 0 Å². The third-order valence-electron chi connectivity index (χ3n) is 3.80. The highest BCUT2D eigenvalue weighted by Gasteiger charge is 2.14. The van der Waals surface area contributed by atoms with Gasteiger partial charge in [-0.1, -0.05) is 47.1 Å². The van der Waals surface area contributed by atoms with Crippen molar-refractivity contribution in [1.82, 2.24) is 15.5 Å². The summed E-state index contributed by atoms with van der Waals surface area (Å²) in [5, 5.41) is 7.15. The summed E-state index contributed by atoms with van der Waals surface area (Å²) in [5.74, 6) is 1.08. The molecular weight excluding hydrogens is 354 g/mol. The molecule has 0 atom stereocenters. The molecule has 0 spiro atoms. The Balaban J connectivity index is 1.55. The molecule has 0 aliphatic rings. The Morgan fingerprint density at radius 1 is 1.19 bits per heavy atom. The predicted molar refractivity (Wildman–Crippen MR) is 97.3 cm³/mol. The first-order valence-corrected chi connectivity index (χ1v) is 8.50. The zero-order valence-corrected chi connectivity index (χ0v) is 15.0. The summed E-state index contributed by atoms with van der Waals surface area (Å²) in [6, 6.07) is 14.9. The number of aromatic nitrogens is 2. The highest BCUT2D eigenvalue weighted by molar-refractivity contribution is 6.30. The fourth-order valence-electron chi connectivity index (χ4n) is 2.47. The van der Waals surface area contributed by atoms with E-state index in [0.717, 1.165) is 6.42 Å². The number of nitrogens with one attached hydrogen (secondary N) is 1. The van der Waals surface area contributed by atoms with Crippen LogP contribution in [0, 0.1) is 0 Å². The molecule has 2 aromatic carbocycles. The molecule has 0 radical (unpaired) electrons. The number of carbonyl (C=O) groups excluding carboxylic acids is 1. The molecule has 3 aromatic rings. The van der Waals surface area contributed by atoms with E-state index in [4.69, 9.17) is 20.9 Å². The maximum atomic E-state index is 12.3. The van der Waals surface area contributed by atoms with Gasteiger partial charge in [-0.05, 0) is 30.2 Å². The minimum absolute atomic E-state index is 0.166. The number of carbonyl (C=O) groups is 1. The number of hydrogen-bond donors (Lipinski definition) is 1. The van der Waals surface area contributed by atoms with E-state index in [0.29, 0.717) is 34.5 Å². The average Bonchev–Trinajstić information content (AvgIpc) is 3.13. The van der Waals surface area contributed by atoms with Crippen molar-refractivity contribution in [3.05, 3.63) is 76.4 Å². The summed E-state index contributed by atoms with van der Waals surface area (Å²) in [4.78, 5) is 16.6. The van der Waals surface area contributed by atoms with Crippen LogP contribution in [0.4, 0.5) is 0 Å². The van der Waals surface area contributed by atoms with Crippen LogP contribution in [0.2, 0.25) is 5.02 Å². The van der Waals surface area contributed by atoms with Crippen LogP contribution in [0.5, 0.6) is 5.75 Å². The van der Waals surface area contributed by atoms with Crippen LogP contribution < -0.4 is 10.1 Å². The SMILES string of the molecule is COc1cc(Cl)ccc1C(=O)NCc1noc(CCc2ccccc2)n1. The summed E-state index contributed by atoms with van der Waals surface area (Å²) in [6.07, 6.45) is 1.47. The van der Waals surface area contributed by atoms with Gasteiger partial charge in [0.1, 0.15) is 5.75 Å². The molecular formula is C19H18ClN3O3. The third-order valence-corrected chi connectivity index (χ3v) is 4.03. The second-order valence-corrected chi connectivity index (χ2v) is 6.05. The van der Waals surface area contributed by atoms with Gasteiger partial charge in [-0.3, -0.25) is 4.79 Å². The van der Waals surface area contributed by atoms with E-state index in [2.05, 4.69) is 27.6 Å². The van der Waals surface area contributed by atoms with E-state index < -0.39 is 0 Å². The molecule has 1 aromatic heterocycles. The smallest absolute Gasteiger partial charge is 0.255 e. The lowest BCUT2D eigenvalue weighted by Crippen LogP contribution is -2.24. The van der Waals surface area contributed by atoms with Gasteiger partial charge in [-0.25, -0.2) is 0 Å². The number of hydrogen-bond acceptors (Lipinski definition) is 5. The Hall–Kier alpha value is -2.86. The molecule has 0 aliphatic heterocycles. The van der Waals surface area contributed by atoms with Crippen molar-refractivity contribution in [2.45, 2.75) is 19.4 Å². The molecule has 0 fully saturated rings. The van der Waals surface area contributed by atoms with Crippen molar-refractivity contribution < 1.29 is 14.1 Å². The standard InChI is InChI=1S/C19H18ClN3O3/c1-25-16-11-14(20)8-9-15(16)19(24)21-12-17-22-18(26-23-17)10-7-13-5-3-2-4-6-13/h2-6,8-9,11H,7,10,12H2,1H3,(H,21,24). The maximum Gasteiger partial charge on any atom is 0.255 e. The molecule has 0 aliphatic carbocycles. The number of nitrogens with zero attached hydrogens (tertiary/aromatic N) is 2. The van der Waals surface area contributed by atoms with Gasteiger partial charge in [0, 0.05) is 11.4 Å². The lowest BCUT2D eigenvalue weighted by Gasteiger charge is -2.08. The van der Waals surface area contributed by atoms with Gasteiger partial charge in [0.25, 0.3) is 5.91 Å². The summed E-state index contributed by atoms with van der Waals surface area (Å²) in [5.41, 5.74) is 1.60. The van der Waals surface area contributed by atoms with E-state index in [1.54, 1.807) is 18.2 Å². The molecule has 0 bridgehead atoms. The average molecular weight is 372 g/mol. The van der Waals surface area contributed by atoms with Crippen molar-refractivity contribution in [2.75, 3.05) is 7.11 Å². The minimum atomic E-state index is -0.297. The number of halogens is 1. The molecule has 6 nitrogen and oxygen atoms in total. The van der Waals surface area contributed by atoms with Gasteiger partial charge < -0.3 is 14.6 Å². The summed E-state index contributed by atoms with van der Waals surface area (Å²) >= 11 is 5.91. The van der Waals surface area contributed by atoms with Gasteiger partial charge in [0.05, 0.1) is 19.2 Å². The van der Waals surface area contributed by atoms with Crippen molar-refractivity contribution in [3.8, 4) is 5.75 Å². The fourth-order valence-corrected chi connectivity index (χ4v) is 2.63. The zero-order chi connectivity index (χ0) is 18.4. The van der Waals surface area contributed by atoms with E-state index in [-0.39, 0.29) is 12.5 Å². The molecule has 1 amide bonds. The Morgan fingerprint density at radius 3 is 2.77 bits per heavy atom. The summed E-state index contributed by atoms with van der Waals surface area (Å²) < 4.78 is 10.4. The number of benzene rings is 2. The van der Waals surface area contributed by atoms with Crippen LogP contribution in [0.15, 0.2) is 53.1 Å². The first-order chi connectivity index (χ1) is 12.7. The largest absolute Gasteiger partial charge is 0.496 e. The first kappa shape index (κ1) is 17.9. The molecule has 0 saturated heterocycles. The van der Waals surface area contributed by atoms with Crippen LogP contribution in [-0.2, 0) is 19.4 Å². The highest BCUT2D eigenvalue weighted by Crippen LogP contribution is 2.23. The number of aryl methyl sites for hydroxylation is 2. The summed E-state index contributed by atoms with van der Waals surface area (Å²) in [6.45, 7) is 0.166. The van der Waals surface area contributed by atoms with Crippen molar-refractivity contribution in [3.63, 3.8) is 0 Å². The van der Waals surface area contributed by atoms with E-state index in [1.807, 2.05) is 18.2 Å².